The summed E-state index contributed by atoms with van der Waals surface area (Å²) in [7, 11) is 1.38. The van der Waals surface area contributed by atoms with Gasteiger partial charge in [-0.25, -0.2) is 5.43 Å². The second-order valence-corrected chi connectivity index (χ2v) is 4.19. The number of nitrogens with zero attached hydrogens (tertiary/aromatic N) is 2. The van der Waals surface area contributed by atoms with Gasteiger partial charge in [-0.1, -0.05) is 0 Å². The van der Waals surface area contributed by atoms with Crippen LogP contribution < -0.4 is 15.5 Å². The molecule has 1 aliphatic rings. The molecule has 0 atom stereocenters. The van der Waals surface area contributed by atoms with E-state index in [-0.39, 0.29) is 41.6 Å². The second-order valence-electron chi connectivity index (χ2n) is 4.19. The standard InChI is InChI=1S/C12H12N4O5/c1-21-10-4-2-7(16(19)20)6-9(10)13-12(18)8-3-5-11(17)15-14-8/h2,4,6H,3,5H2,1H3,(H,13,18)(H,15,17). The fourth-order valence-corrected chi connectivity index (χ4v) is 1.74. The van der Waals surface area contributed by atoms with Crippen LogP contribution in [0.1, 0.15) is 12.8 Å². The molecule has 0 saturated carbocycles. The minimum atomic E-state index is -0.576. The Morgan fingerprint density at radius 2 is 2.24 bits per heavy atom. The fourth-order valence-electron chi connectivity index (χ4n) is 1.74. The molecule has 0 aromatic heterocycles. The smallest absolute Gasteiger partial charge is 0.271 e. The van der Waals surface area contributed by atoms with Crippen LogP contribution in [0, 0.1) is 10.1 Å². The average Bonchev–Trinajstić information content (AvgIpc) is 2.47. The summed E-state index contributed by atoms with van der Waals surface area (Å²) < 4.78 is 5.04. The molecule has 2 amide bonds. The van der Waals surface area contributed by atoms with E-state index in [1.165, 1.54) is 25.3 Å². The van der Waals surface area contributed by atoms with Crippen molar-refractivity contribution in [2.45, 2.75) is 12.8 Å². The molecule has 0 saturated heterocycles. The molecule has 9 heteroatoms. The Kier molecular flexibility index (Phi) is 4.12. The van der Waals surface area contributed by atoms with Crippen LogP contribution in [0.4, 0.5) is 11.4 Å². The van der Waals surface area contributed by atoms with Crippen molar-refractivity contribution in [1.29, 1.82) is 0 Å². The third kappa shape index (κ3) is 3.32. The summed E-state index contributed by atoms with van der Waals surface area (Å²) in [5, 5.41) is 16.9. The first kappa shape index (κ1) is 14.4. The van der Waals surface area contributed by atoms with E-state index >= 15 is 0 Å². The first-order chi connectivity index (χ1) is 10.0. The molecule has 0 aliphatic carbocycles. The van der Waals surface area contributed by atoms with Crippen molar-refractivity contribution in [3.05, 3.63) is 28.3 Å². The van der Waals surface area contributed by atoms with Gasteiger partial charge in [0.15, 0.2) is 0 Å². The van der Waals surface area contributed by atoms with E-state index in [9.17, 15) is 19.7 Å². The third-order valence-electron chi connectivity index (χ3n) is 2.81. The average molecular weight is 292 g/mol. The molecular weight excluding hydrogens is 280 g/mol. The number of nitrogens with one attached hydrogen (secondary N) is 2. The Morgan fingerprint density at radius 1 is 1.48 bits per heavy atom. The van der Waals surface area contributed by atoms with Gasteiger partial charge in [-0.15, -0.1) is 0 Å². The molecule has 0 radical (unpaired) electrons. The van der Waals surface area contributed by atoms with E-state index < -0.39 is 10.8 Å². The van der Waals surface area contributed by atoms with Crippen molar-refractivity contribution in [2.24, 2.45) is 5.10 Å². The van der Waals surface area contributed by atoms with Crippen LogP contribution in [-0.4, -0.2) is 29.6 Å². The van der Waals surface area contributed by atoms with Crippen LogP contribution in [0.2, 0.25) is 0 Å². The van der Waals surface area contributed by atoms with Gasteiger partial charge in [-0.05, 0) is 6.07 Å². The lowest BCUT2D eigenvalue weighted by Crippen LogP contribution is -2.32. The highest BCUT2D eigenvalue weighted by Crippen LogP contribution is 2.28. The molecule has 21 heavy (non-hydrogen) atoms. The van der Waals surface area contributed by atoms with Gasteiger partial charge in [0.2, 0.25) is 5.91 Å². The summed E-state index contributed by atoms with van der Waals surface area (Å²) in [6.07, 6.45) is 0.368. The summed E-state index contributed by atoms with van der Waals surface area (Å²) >= 11 is 0. The highest BCUT2D eigenvalue weighted by Gasteiger charge is 2.20. The fraction of sp³-hybridized carbons (Fsp3) is 0.250. The number of nitro groups is 1. The van der Waals surface area contributed by atoms with Crippen molar-refractivity contribution in [2.75, 3.05) is 12.4 Å². The monoisotopic (exact) mass is 292 g/mol. The molecule has 0 fully saturated rings. The predicted molar refractivity (Wildman–Crippen MR) is 73.1 cm³/mol. The summed E-state index contributed by atoms with van der Waals surface area (Å²) in [6.45, 7) is 0. The van der Waals surface area contributed by atoms with Crippen LogP contribution in [0.3, 0.4) is 0 Å². The molecule has 1 aromatic rings. The van der Waals surface area contributed by atoms with Crippen molar-refractivity contribution in [3.63, 3.8) is 0 Å². The maximum atomic E-state index is 12.0. The number of carbonyl (C=O) groups excluding carboxylic acids is 2. The minimum absolute atomic E-state index is 0.142. The second kappa shape index (κ2) is 5.99. The van der Waals surface area contributed by atoms with Crippen LogP contribution >= 0.6 is 0 Å². The maximum Gasteiger partial charge on any atom is 0.271 e. The third-order valence-corrected chi connectivity index (χ3v) is 2.81. The number of amides is 2. The van der Waals surface area contributed by atoms with E-state index in [0.29, 0.717) is 0 Å². The van der Waals surface area contributed by atoms with Crippen LogP contribution in [-0.2, 0) is 9.59 Å². The van der Waals surface area contributed by atoms with Crippen molar-refractivity contribution >= 4 is 28.9 Å². The summed E-state index contributed by atoms with van der Waals surface area (Å²) in [5.41, 5.74) is 2.33. The van der Waals surface area contributed by atoms with Gasteiger partial charge in [0.05, 0.1) is 17.7 Å². The lowest BCUT2D eigenvalue weighted by atomic mass is 10.1. The van der Waals surface area contributed by atoms with Crippen LogP contribution in [0.25, 0.3) is 0 Å². The number of hydrogen-bond acceptors (Lipinski definition) is 6. The Balaban J connectivity index is 2.21. The number of hydrogen-bond donors (Lipinski definition) is 2. The normalized spacial score (nSPS) is 14.0. The Labute approximate surface area is 119 Å². The molecule has 0 unspecified atom stereocenters. The zero-order valence-corrected chi connectivity index (χ0v) is 11.1. The number of anilines is 1. The number of carbonyl (C=O) groups is 2. The summed E-state index contributed by atoms with van der Waals surface area (Å²) in [5.74, 6) is -0.525. The molecule has 9 nitrogen and oxygen atoms in total. The number of ether oxygens (including phenoxy) is 1. The van der Waals surface area contributed by atoms with E-state index in [1.807, 2.05) is 0 Å². The maximum absolute atomic E-state index is 12.0. The highest BCUT2D eigenvalue weighted by atomic mass is 16.6. The van der Waals surface area contributed by atoms with E-state index in [1.54, 1.807) is 0 Å². The molecule has 0 bridgehead atoms. The van der Waals surface area contributed by atoms with E-state index in [2.05, 4.69) is 15.8 Å². The van der Waals surface area contributed by atoms with Crippen molar-refractivity contribution in [3.8, 4) is 5.75 Å². The molecule has 2 N–H and O–H groups in total. The SMILES string of the molecule is COc1ccc([N+](=O)[O-])cc1NC(=O)C1=NNC(=O)CC1. The van der Waals surface area contributed by atoms with E-state index in [4.69, 9.17) is 4.74 Å². The molecule has 1 heterocycles. The van der Waals surface area contributed by atoms with Crippen LogP contribution in [0.5, 0.6) is 5.75 Å². The number of non-ortho nitro benzene ring substituents is 1. The number of methoxy groups -OCH3 is 1. The predicted octanol–water partition coefficient (Wildman–Crippen LogP) is 0.808. The molecule has 0 spiro atoms. The topological polar surface area (TPSA) is 123 Å². The lowest BCUT2D eigenvalue weighted by molar-refractivity contribution is -0.384. The Hall–Kier alpha value is -2.97. The molecule has 110 valence electrons. The van der Waals surface area contributed by atoms with Gasteiger partial charge in [0, 0.05) is 25.0 Å². The zero-order chi connectivity index (χ0) is 15.4. The summed E-state index contributed by atoms with van der Waals surface area (Å²) in [6, 6.07) is 3.85. The summed E-state index contributed by atoms with van der Waals surface area (Å²) in [4.78, 5) is 33.2. The minimum Gasteiger partial charge on any atom is -0.495 e. The van der Waals surface area contributed by atoms with Gasteiger partial charge in [0.1, 0.15) is 11.5 Å². The van der Waals surface area contributed by atoms with Crippen molar-refractivity contribution < 1.29 is 19.2 Å². The molecule has 1 aliphatic heterocycles. The first-order valence-electron chi connectivity index (χ1n) is 6.00. The quantitative estimate of drug-likeness (QED) is 0.627. The number of hydrazone groups is 1. The molecule has 2 rings (SSSR count). The largest absolute Gasteiger partial charge is 0.495 e. The Morgan fingerprint density at radius 3 is 2.81 bits per heavy atom. The van der Waals surface area contributed by atoms with E-state index in [0.717, 1.165) is 0 Å². The lowest BCUT2D eigenvalue weighted by Gasteiger charge is -2.13. The van der Waals surface area contributed by atoms with Gasteiger partial charge in [-0.2, -0.15) is 5.10 Å². The van der Waals surface area contributed by atoms with Gasteiger partial charge in [-0.3, -0.25) is 19.7 Å². The number of benzene rings is 1. The molecular formula is C12H12N4O5. The van der Waals surface area contributed by atoms with Gasteiger partial charge >= 0.3 is 0 Å². The number of rotatable bonds is 4. The zero-order valence-electron chi connectivity index (χ0n) is 11.1. The number of nitro benzene ring substituents is 1. The highest BCUT2D eigenvalue weighted by molar-refractivity contribution is 6.43. The molecule has 1 aromatic carbocycles. The van der Waals surface area contributed by atoms with Crippen LogP contribution in [0.15, 0.2) is 23.3 Å². The van der Waals surface area contributed by atoms with Gasteiger partial charge in [0.25, 0.3) is 11.6 Å². The Bertz CT molecular complexity index is 641. The van der Waals surface area contributed by atoms with Crippen molar-refractivity contribution in [1.82, 2.24) is 5.43 Å². The first-order valence-corrected chi connectivity index (χ1v) is 6.00. The van der Waals surface area contributed by atoms with Gasteiger partial charge < -0.3 is 10.1 Å².